The van der Waals surface area contributed by atoms with Crippen LogP contribution in [0.15, 0.2) is 36.5 Å². The minimum atomic E-state index is -0.514. The largest absolute Gasteiger partial charge is 0.336 e. The number of nitro groups is 1. The molecule has 0 aliphatic carbocycles. The van der Waals surface area contributed by atoms with Gasteiger partial charge in [0.2, 0.25) is 0 Å². The van der Waals surface area contributed by atoms with Gasteiger partial charge in [-0.05, 0) is 23.8 Å². The molecule has 2 rings (SSSR count). The van der Waals surface area contributed by atoms with Crippen molar-refractivity contribution in [2.75, 3.05) is 7.05 Å². The molecule has 0 aliphatic rings. The molecule has 1 heterocycles. The average Bonchev–Trinajstić information content (AvgIpc) is 2.48. The topological polar surface area (TPSA) is 76.3 Å². The third-order valence-electron chi connectivity index (χ3n) is 2.94. The molecular weight excluding hydrogens is 329 g/mol. The van der Waals surface area contributed by atoms with E-state index < -0.39 is 4.92 Å². The molecule has 1 aromatic heterocycles. The van der Waals surface area contributed by atoms with Crippen LogP contribution in [0.25, 0.3) is 0 Å². The second-order valence-electron chi connectivity index (χ2n) is 4.55. The number of benzene rings is 1. The van der Waals surface area contributed by atoms with Gasteiger partial charge in [0.25, 0.3) is 11.6 Å². The van der Waals surface area contributed by atoms with Crippen LogP contribution in [-0.2, 0) is 6.54 Å². The molecule has 0 saturated heterocycles. The number of nitro benzene ring substituents is 1. The van der Waals surface area contributed by atoms with Gasteiger partial charge in [-0.15, -0.1) is 0 Å². The van der Waals surface area contributed by atoms with E-state index in [1.54, 1.807) is 13.1 Å². The van der Waals surface area contributed by atoms with Gasteiger partial charge in [0, 0.05) is 42.0 Å². The van der Waals surface area contributed by atoms with Crippen LogP contribution >= 0.6 is 23.2 Å². The SMILES string of the molecule is CN(Cc1cc([N+](=O)[O-])ccc1Cl)C(=O)c1cc(Cl)ccn1. The molecule has 0 N–H and O–H groups in total. The summed E-state index contributed by atoms with van der Waals surface area (Å²) in [6, 6.07) is 7.11. The van der Waals surface area contributed by atoms with E-state index in [0.29, 0.717) is 15.6 Å². The molecule has 114 valence electrons. The van der Waals surface area contributed by atoms with E-state index in [-0.39, 0.29) is 23.8 Å². The van der Waals surface area contributed by atoms with Crippen LogP contribution in [0.1, 0.15) is 16.1 Å². The Balaban J connectivity index is 2.21. The molecule has 8 heteroatoms. The van der Waals surface area contributed by atoms with Crippen molar-refractivity contribution in [3.8, 4) is 0 Å². The standard InChI is InChI=1S/C14H11Cl2N3O3/c1-18(14(20)13-7-10(15)4-5-17-13)8-9-6-11(19(21)22)2-3-12(9)16/h2-7H,8H2,1H3. The van der Waals surface area contributed by atoms with E-state index in [1.807, 2.05) is 0 Å². The Labute approximate surface area is 136 Å². The van der Waals surface area contributed by atoms with Crippen molar-refractivity contribution in [2.24, 2.45) is 0 Å². The Morgan fingerprint density at radius 1 is 1.32 bits per heavy atom. The number of non-ortho nitro benzene ring substituents is 1. The highest BCUT2D eigenvalue weighted by atomic mass is 35.5. The number of rotatable bonds is 4. The highest BCUT2D eigenvalue weighted by Crippen LogP contribution is 2.23. The van der Waals surface area contributed by atoms with E-state index in [1.165, 1.54) is 35.4 Å². The first kappa shape index (κ1) is 16.2. The summed E-state index contributed by atoms with van der Waals surface area (Å²) < 4.78 is 0. The molecule has 6 nitrogen and oxygen atoms in total. The molecular formula is C14H11Cl2N3O3. The van der Waals surface area contributed by atoms with E-state index in [2.05, 4.69) is 4.98 Å². The van der Waals surface area contributed by atoms with E-state index in [4.69, 9.17) is 23.2 Å². The quantitative estimate of drug-likeness (QED) is 0.630. The fraction of sp³-hybridized carbons (Fsp3) is 0.143. The van der Waals surface area contributed by atoms with Crippen LogP contribution in [0.3, 0.4) is 0 Å². The van der Waals surface area contributed by atoms with Gasteiger partial charge < -0.3 is 4.90 Å². The first-order valence-electron chi connectivity index (χ1n) is 6.18. The summed E-state index contributed by atoms with van der Waals surface area (Å²) in [5.41, 5.74) is 0.589. The van der Waals surface area contributed by atoms with Gasteiger partial charge in [0.1, 0.15) is 5.69 Å². The lowest BCUT2D eigenvalue weighted by Crippen LogP contribution is -2.27. The number of carbonyl (C=O) groups excluding carboxylic acids is 1. The molecule has 0 aliphatic heterocycles. The average molecular weight is 340 g/mol. The number of nitrogens with zero attached hydrogens (tertiary/aromatic N) is 3. The number of aromatic nitrogens is 1. The number of pyridine rings is 1. The molecule has 0 fully saturated rings. The smallest absolute Gasteiger partial charge is 0.272 e. The van der Waals surface area contributed by atoms with Crippen LogP contribution in [0, 0.1) is 10.1 Å². The highest BCUT2D eigenvalue weighted by molar-refractivity contribution is 6.31. The fourth-order valence-corrected chi connectivity index (χ4v) is 2.18. The first-order valence-corrected chi connectivity index (χ1v) is 6.94. The van der Waals surface area contributed by atoms with Gasteiger partial charge in [-0.3, -0.25) is 19.9 Å². The van der Waals surface area contributed by atoms with E-state index >= 15 is 0 Å². The molecule has 2 aromatic rings. The third-order valence-corrected chi connectivity index (χ3v) is 3.54. The summed E-state index contributed by atoms with van der Waals surface area (Å²) in [5, 5.41) is 11.6. The summed E-state index contributed by atoms with van der Waals surface area (Å²) in [5.74, 6) is -0.356. The van der Waals surface area contributed by atoms with Crippen molar-refractivity contribution < 1.29 is 9.72 Å². The first-order chi connectivity index (χ1) is 10.4. The van der Waals surface area contributed by atoms with Crippen molar-refractivity contribution in [1.82, 2.24) is 9.88 Å². The Kier molecular flexibility index (Phi) is 4.95. The van der Waals surface area contributed by atoms with Crippen molar-refractivity contribution in [1.29, 1.82) is 0 Å². The van der Waals surface area contributed by atoms with Crippen LogP contribution in [0.4, 0.5) is 5.69 Å². The normalized spacial score (nSPS) is 10.3. The molecule has 0 radical (unpaired) electrons. The maximum atomic E-state index is 12.3. The predicted molar refractivity (Wildman–Crippen MR) is 83.2 cm³/mol. The third kappa shape index (κ3) is 3.72. The number of hydrogen-bond donors (Lipinski definition) is 0. The summed E-state index contributed by atoms with van der Waals surface area (Å²) in [6.45, 7) is 0.119. The van der Waals surface area contributed by atoms with Crippen molar-refractivity contribution >= 4 is 34.8 Å². The van der Waals surface area contributed by atoms with Crippen LogP contribution in [0.2, 0.25) is 10.0 Å². The Hall–Kier alpha value is -2.18. The number of halogens is 2. The molecule has 1 aromatic carbocycles. The molecule has 0 bridgehead atoms. The van der Waals surface area contributed by atoms with Crippen molar-refractivity contribution in [2.45, 2.75) is 6.54 Å². The van der Waals surface area contributed by atoms with Crippen LogP contribution in [0.5, 0.6) is 0 Å². The lowest BCUT2D eigenvalue weighted by Gasteiger charge is -2.17. The minimum absolute atomic E-state index is 0.0823. The fourth-order valence-electron chi connectivity index (χ4n) is 1.84. The lowest BCUT2D eigenvalue weighted by molar-refractivity contribution is -0.384. The summed E-state index contributed by atoms with van der Waals surface area (Å²) in [7, 11) is 1.56. The van der Waals surface area contributed by atoms with Gasteiger partial charge >= 0.3 is 0 Å². The molecule has 0 atom stereocenters. The van der Waals surface area contributed by atoms with Crippen LogP contribution in [-0.4, -0.2) is 27.8 Å². The van der Waals surface area contributed by atoms with Gasteiger partial charge in [0.05, 0.1) is 4.92 Å². The number of amides is 1. The van der Waals surface area contributed by atoms with E-state index in [0.717, 1.165) is 0 Å². The van der Waals surface area contributed by atoms with Crippen LogP contribution < -0.4 is 0 Å². The predicted octanol–water partition coefficient (Wildman–Crippen LogP) is 3.57. The molecule has 22 heavy (non-hydrogen) atoms. The second kappa shape index (κ2) is 6.72. The summed E-state index contributed by atoms with van der Waals surface area (Å²) in [6.07, 6.45) is 1.43. The maximum absolute atomic E-state index is 12.3. The molecule has 0 spiro atoms. The van der Waals surface area contributed by atoms with E-state index in [9.17, 15) is 14.9 Å². The van der Waals surface area contributed by atoms with Gasteiger partial charge in [-0.1, -0.05) is 23.2 Å². The minimum Gasteiger partial charge on any atom is -0.336 e. The molecule has 1 amide bonds. The van der Waals surface area contributed by atoms with Gasteiger partial charge in [0.15, 0.2) is 0 Å². The highest BCUT2D eigenvalue weighted by Gasteiger charge is 2.17. The lowest BCUT2D eigenvalue weighted by atomic mass is 10.2. The Bertz CT molecular complexity index is 737. The van der Waals surface area contributed by atoms with Crippen molar-refractivity contribution in [3.63, 3.8) is 0 Å². The Morgan fingerprint density at radius 2 is 2.05 bits per heavy atom. The number of carbonyl (C=O) groups is 1. The second-order valence-corrected chi connectivity index (χ2v) is 5.40. The zero-order valence-corrected chi connectivity index (χ0v) is 13.0. The number of hydrogen-bond acceptors (Lipinski definition) is 4. The zero-order chi connectivity index (χ0) is 16.3. The molecule has 0 unspecified atom stereocenters. The Morgan fingerprint density at radius 3 is 2.68 bits per heavy atom. The summed E-state index contributed by atoms with van der Waals surface area (Å²) >= 11 is 11.9. The van der Waals surface area contributed by atoms with Crippen molar-refractivity contribution in [3.05, 3.63) is 67.9 Å². The van der Waals surface area contributed by atoms with Gasteiger partial charge in [-0.25, -0.2) is 0 Å². The van der Waals surface area contributed by atoms with Gasteiger partial charge in [-0.2, -0.15) is 0 Å². The monoisotopic (exact) mass is 339 g/mol. The maximum Gasteiger partial charge on any atom is 0.272 e. The summed E-state index contributed by atoms with van der Waals surface area (Å²) in [4.78, 5) is 27.9. The zero-order valence-electron chi connectivity index (χ0n) is 11.5. The molecule has 0 saturated carbocycles.